The Morgan fingerprint density at radius 2 is 1.88 bits per heavy atom. The summed E-state index contributed by atoms with van der Waals surface area (Å²) >= 11 is 0. The molecule has 1 atom stereocenters. The third-order valence-electron chi connectivity index (χ3n) is 2.59. The molecular formula is C12H16N4. The number of nitrogens with zero attached hydrogens (tertiary/aromatic N) is 3. The van der Waals surface area contributed by atoms with Crippen LogP contribution in [0.5, 0.6) is 0 Å². The van der Waals surface area contributed by atoms with Gasteiger partial charge in [0.2, 0.25) is 0 Å². The minimum atomic E-state index is -0.217. The second-order valence-corrected chi connectivity index (χ2v) is 4.08. The Balaban J connectivity index is 2.34. The zero-order valence-electron chi connectivity index (χ0n) is 9.54. The molecule has 1 heterocycles. The van der Waals surface area contributed by atoms with Crippen LogP contribution in [-0.4, -0.2) is 14.8 Å². The van der Waals surface area contributed by atoms with Gasteiger partial charge in [-0.25, -0.2) is 0 Å². The highest BCUT2D eigenvalue weighted by Gasteiger charge is 2.16. The van der Waals surface area contributed by atoms with Crippen LogP contribution in [0.4, 0.5) is 0 Å². The van der Waals surface area contributed by atoms with E-state index in [2.05, 4.69) is 24.0 Å². The minimum absolute atomic E-state index is 0.217. The standard InChI is InChI=1S/C12H16N4/c1-9(2)16-8-14-15-12(16)11(13)10-6-4-3-5-7-10/h3-9,11H,13H2,1-2H3. The van der Waals surface area contributed by atoms with Crippen molar-refractivity contribution in [3.05, 3.63) is 48.0 Å². The van der Waals surface area contributed by atoms with E-state index in [0.717, 1.165) is 11.4 Å². The Morgan fingerprint density at radius 1 is 1.19 bits per heavy atom. The normalized spacial score (nSPS) is 13.0. The number of nitrogens with two attached hydrogens (primary N) is 1. The second kappa shape index (κ2) is 4.45. The third kappa shape index (κ3) is 1.97. The number of aromatic nitrogens is 3. The lowest BCUT2D eigenvalue weighted by Crippen LogP contribution is -2.18. The molecule has 0 fully saturated rings. The first-order valence-electron chi connectivity index (χ1n) is 5.40. The largest absolute Gasteiger partial charge is 0.318 e. The van der Waals surface area contributed by atoms with Crippen LogP contribution in [0.15, 0.2) is 36.7 Å². The van der Waals surface area contributed by atoms with E-state index in [1.807, 2.05) is 34.9 Å². The summed E-state index contributed by atoms with van der Waals surface area (Å²) in [6.45, 7) is 4.18. The molecule has 0 bridgehead atoms. The van der Waals surface area contributed by atoms with Crippen molar-refractivity contribution in [3.63, 3.8) is 0 Å². The molecule has 0 spiro atoms. The Kier molecular flexibility index (Phi) is 3.01. The van der Waals surface area contributed by atoms with E-state index < -0.39 is 0 Å². The summed E-state index contributed by atoms with van der Waals surface area (Å²) in [7, 11) is 0. The average Bonchev–Trinajstić information content (AvgIpc) is 2.78. The zero-order valence-corrected chi connectivity index (χ0v) is 9.54. The van der Waals surface area contributed by atoms with Crippen molar-refractivity contribution in [3.8, 4) is 0 Å². The predicted octanol–water partition coefficient (Wildman–Crippen LogP) is 1.91. The summed E-state index contributed by atoms with van der Waals surface area (Å²) in [6.07, 6.45) is 1.72. The molecule has 1 aromatic carbocycles. The highest BCUT2D eigenvalue weighted by molar-refractivity contribution is 5.24. The summed E-state index contributed by atoms with van der Waals surface area (Å²) in [6, 6.07) is 10.0. The smallest absolute Gasteiger partial charge is 0.154 e. The molecule has 0 aliphatic heterocycles. The maximum atomic E-state index is 6.18. The quantitative estimate of drug-likeness (QED) is 0.852. The monoisotopic (exact) mass is 216 g/mol. The van der Waals surface area contributed by atoms with Crippen molar-refractivity contribution >= 4 is 0 Å². The van der Waals surface area contributed by atoms with Gasteiger partial charge in [0, 0.05) is 6.04 Å². The van der Waals surface area contributed by atoms with Crippen molar-refractivity contribution in [2.45, 2.75) is 25.9 Å². The summed E-state index contributed by atoms with van der Waals surface area (Å²) in [4.78, 5) is 0. The van der Waals surface area contributed by atoms with Crippen molar-refractivity contribution in [2.75, 3.05) is 0 Å². The van der Waals surface area contributed by atoms with Gasteiger partial charge in [0.25, 0.3) is 0 Å². The van der Waals surface area contributed by atoms with E-state index in [-0.39, 0.29) is 6.04 Å². The molecular weight excluding hydrogens is 200 g/mol. The van der Waals surface area contributed by atoms with E-state index in [9.17, 15) is 0 Å². The Morgan fingerprint density at radius 3 is 2.50 bits per heavy atom. The van der Waals surface area contributed by atoms with E-state index >= 15 is 0 Å². The predicted molar refractivity (Wildman–Crippen MR) is 62.9 cm³/mol. The molecule has 1 aromatic heterocycles. The summed E-state index contributed by atoms with van der Waals surface area (Å²) in [5.74, 6) is 0.807. The van der Waals surface area contributed by atoms with Gasteiger partial charge < -0.3 is 10.3 Å². The first kappa shape index (κ1) is 10.8. The molecule has 2 aromatic rings. The van der Waals surface area contributed by atoms with Gasteiger partial charge in [0.15, 0.2) is 5.82 Å². The Hall–Kier alpha value is -1.68. The molecule has 16 heavy (non-hydrogen) atoms. The van der Waals surface area contributed by atoms with E-state index in [4.69, 9.17) is 5.73 Å². The van der Waals surface area contributed by atoms with Gasteiger partial charge >= 0.3 is 0 Å². The van der Waals surface area contributed by atoms with Crippen LogP contribution in [-0.2, 0) is 0 Å². The maximum Gasteiger partial charge on any atom is 0.154 e. The van der Waals surface area contributed by atoms with Gasteiger partial charge in [-0.2, -0.15) is 0 Å². The van der Waals surface area contributed by atoms with E-state index in [1.165, 1.54) is 0 Å². The van der Waals surface area contributed by atoms with Gasteiger partial charge in [-0.1, -0.05) is 30.3 Å². The number of hydrogen-bond donors (Lipinski definition) is 1. The third-order valence-corrected chi connectivity index (χ3v) is 2.59. The molecule has 4 nitrogen and oxygen atoms in total. The van der Waals surface area contributed by atoms with Gasteiger partial charge in [-0.05, 0) is 19.4 Å². The van der Waals surface area contributed by atoms with Crippen molar-refractivity contribution in [1.82, 2.24) is 14.8 Å². The molecule has 0 aliphatic rings. The molecule has 0 amide bonds. The molecule has 0 radical (unpaired) electrons. The highest BCUT2D eigenvalue weighted by atomic mass is 15.3. The van der Waals surface area contributed by atoms with E-state index in [1.54, 1.807) is 6.33 Å². The molecule has 2 N–H and O–H groups in total. The lowest BCUT2D eigenvalue weighted by Gasteiger charge is -2.15. The van der Waals surface area contributed by atoms with Gasteiger partial charge in [0.1, 0.15) is 6.33 Å². The van der Waals surface area contributed by atoms with Crippen LogP contribution in [0.1, 0.15) is 37.3 Å². The summed E-state index contributed by atoms with van der Waals surface area (Å²) in [5.41, 5.74) is 7.23. The first-order chi connectivity index (χ1) is 7.70. The van der Waals surface area contributed by atoms with Crippen LogP contribution in [0.2, 0.25) is 0 Å². The topological polar surface area (TPSA) is 56.7 Å². The van der Waals surface area contributed by atoms with Gasteiger partial charge in [-0.3, -0.25) is 0 Å². The van der Waals surface area contributed by atoms with Gasteiger partial charge in [0.05, 0.1) is 6.04 Å². The Bertz CT molecular complexity index is 447. The van der Waals surface area contributed by atoms with Crippen molar-refractivity contribution in [2.24, 2.45) is 5.73 Å². The molecule has 84 valence electrons. The number of rotatable bonds is 3. The minimum Gasteiger partial charge on any atom is -0.318 e. The SMILES string of the molecule is CC(C)n1cnnc1C(N)c1ccccc1. The van der Waals surface area contributed by atoms with Crippen LogP contribution in [0, 0.1) is 0 Å². The number of benzene rings is 1. The molecule has 2 rings (SSSR count). The average molecular weight is 216 g/mol. The fourth-order valence-corrected chi connectivity index (χ4v) is 1.68. The van der Waals surface area contributed by atoms with Crippen molar-refractivity contribution in [1.29, 1.82) is 0 Å². The zero-order chi connectivity index (χ0) is 11.5. The van der Waals surface area contributed by atoms with E-state index in [0.29, 0.717) is 6.04 Å². The molecule has 0 saturated carbocycles. The van der Waals surface area contributed by atoms with Crippen LogP contribution >= 0.6 is 0 Å². The molecule has 4 heteroatoms. The summed E-state index contributed by atoms with van der Waals surface area (Å²) in [5, 5.41) is 8.02. The summed E-state index contributed by atoms with van der Waals surface area (Å²) < 4.78 is 2.00. The van der Waals surface area contributed by atoms with Crippen LogP contribution < -0.4 is 5.73 Å². The fourth-order valence-electron chi connectivity index (χ4n) is 1.68. The first-order valence-corrected chi connectivity index (χ1v) is 5.40. The molecule has 1 unspecified atom stereocenters. The second-order valence-electron chi connectivity index (χ2n) is 4.08. The molecule has 0 aliphatic carbocycles. The van der Waals surface area contributed by atoms with Gasteiger partial charge in [-0.15, -0.1) is 10.2 Å². The lowest BCUT2D eigenvalue weighted by molar-refractivity contribution is 0.552. The van der Waals surface area contributed by atoms with Crippen LogP contribution in [0.25, 0.3) is 0 Å². The lowest BCUT2D eigenvalue weighted by atomic mass is 10.1. The molecule has 0 saturated heterocycles. The highest BCUT2D eigenvalue weighted by Crippen LogP contribution is 2.19. The van der Waals surface area contributed by atoms with Crippen molar-refractivity contribution < 1.29 is 0 Å². The Labute approximate surface area is 95.1 Å². The maximum absolute atomic E-state index is 6.18. The number of hydrogen-bond acceptors (Lipinski definition) is 3. The fraction of sp³-hybridized carbons (Fsp3) is 0.333. The van der Waals surface area contributed by atoms with Crippen LogP contribution in [0.3, 0.4) is 0 Å².